The zero-order chi connectivity index (χ0) is 16.0. The van der Waals surface area contributed by atoms with Crippen LogP contribution in [-0.2, 0) is 4.79 Å². The molecule has 1 amide bonds. The molecule has 6 heteroatoms. The molecule has 5 nitrogen and oxygen atoms in total. The molecule has 0 unspecified atom stereocenters. The van der Waals surface area contributed by atoms with Gasteiger partial charge >= 0.3 is 0 Å². The van der Waals surface area contributed by atoms with Crippen LogP contribution in [0.1, 0.15) is 38.8 Å². The average Bonchev–Trinajstić information content (AvgIpc) is 2.51. The summed E-state index contributed by atoms with van der Waals surface area (Å²) in [6, 6.07) is 9.48. The molecule has 110 valence electrons. The summed E-state index contributed by atoms with van der Waals surface area (Å²) < 4.78 is 0.827. The molecule has 2 aromatic carbocycles. The van der Waals surface area contributed by atoms with Gasteiger partial charge in [0.1, 0.15) is 0 Å². The maximum atomic E-state index is 12.6. The minimum atomic E-state index is -0.441. The molecule has 0 heterocycles. The van der Waals surface area contributed by atoms with Gasteiger partial charge < -0.3 is 5.73 Å². The molecule has 0 saturated carbocycles. The number of hydrogen-bond acceptors (Lipinski definition) is 4. The predicted octanol–water partition coefficient (Wildman–Crippen LogP) is 2.55. The third-order valence-electron chi connectivity index (χ3n) is 3.60. The summed E-state index contributed by atoms with van der Waals surface area (Å²) in [5.74, 6) is -1.06. The first-order valence-corrected chi connectivity index (χ1v) is 6.84. The number of fused-ring (bicyclic) bond motifs is 2. The second-order valence-corrected chi connectivity index (χ2v) is 5.26. The van der Waals surface area contributed by atoms with Gasteiger partial charge in [0.05, 0.1) is 16.9 Å². The molecule has 0 spiro atoms. The molecule has 1 aliphatic rings. The summed E-state index contributed by atoms with van der Waals surface area (Å²) in [7, 11) is 0. The van der Waals surface area contributed by atoms with Gasteiger partial charge in [0.2, 0.25) is 5.91 Å². The van der Waals surface area contributed by atoms with E-state index in [1.54, 1.807) is 24.3 Å². The number of nitrogens with zero attached hydrogens (tertiary/aromatic N) is 1. The Morgan fingerprint density at radius 1 is 1.00 bits per heavy atom. The average molecular weight is 315 g/mol. The molecule has 2 N–H and O–H groups in total. The lowest BCUT2D eigenvalue weighted by Gasteiger charge is -2.22. The fourth-order valence-electron chi connectivity index (χ4n) is 2.54. The number of anilines is 2. The number of amides is 1. The quantitative estimate of drug-likeness (QED) is 0.553. The largest absolute Gasteiger partial charge is 0.396 e. The Bertz CT molecular complexity index is 845. The van der Waals surface area contributed by atoms with Crippen molar-refractivity contribution in [3.05, 3.63) is 58.7 Å². The van der Waals surface area contributed by atoms with Crippen LogP contribution in [0.4, 0.5) is 11.4 Å². The molecule has 0 aromatic heterocycles. The predicted molar refractivity (Wildman–Crippen MR) is 83.2 cm³/mol. The highest BCUT2D eigenvalue weighted by Gasteiger charge is 2.32. The Morgan fingerprint density at radius 3 is 2.18 bits per heavy atom. The van der Waals surface area contributed by atoms with Crippen LogP contribution >= 0.6 is 11.8 Å². The van der Waals surface area contributed by atoms with Crippen LogP contribution in [0.3, 0.4) is 0 Å². The second-order valence-electron chi connectivity index (χ2n) is 4.92. The van der Waals surface area contributed by atoms with Crippen LogP contribution in [0.2, 0.25) is 0 Å². The van der Waals surface area contributed by atoms with Crippen molar-refractivity contribution in [1.29, 1.82) is 0 Å². The van der Waals surface area contributed by atoms with Gasteiger partial charge in [0.25, 0.3) is 0 Å². The third-order valence-corrected chi connectivity index (χ3v) is 4.02. The minimum absolute atomic E-state index is 0.0237. The summed E-state index contributed by atoms with van der Waals surface area (Å²) in [4.78, 5) is 36.5. The monoisotopic (exact) mass is 314 g/mol. The molecule has 2 aromatic rings. The van der Waals surface area contributed by atoms with Crippen molar-refractivity contribution in [2.75, 3.05) is 10.2 Å². The minimum Gasteiger partial charge on any atom is -0.396 e. The highest BCUT2D eigenvalue weighted by atomic mass is 35.5. The molecular formula is C16H11ClN2O3. The maximum Gasteiger partial charge on any atom is 0.238 e. The van der Waals surface area contributed by atoms with Crippen molar-refractivity contribution in [2.24, 2.45) is 0 Å². The Hall–Kier alpha value is -2.66. The van der Waals surface area contributed by atoms with E-state index in [0.29, 0.717) is 11.1 Å². The van der Waals surface area contributed by atoms with Crippen molar-refractivity contribution in [3.8, 4) is 0 Å². The second kappa shape index (κ2) is 4.96. The van der Waals surface area contributed by atoms with E-state index in [0.717, 1.165) is 4.42 Å². The Morgan fingerprint density at radius 2 is 1.59 bits per heavy atom. The lowest BCUT2D eigenvalue weighted by atomic mass is 9.83. The van der Waals surface area contributed by atoms with Crippen LogP contribution in [0.5, 0.6) is 0 Å². The lowest BCUT2D eigenvalue weighted by Crippen LogP contribution is -2.25. The first kappa shape index (κ1) is 14.3. The molecular weight excluding hydrogens is 304 g/mol. The Kier molecular flexibility index (Phi) is 3.22. The number of halogens is 1. The van der Waals surface area contributed by atoms with E-state index in [1.165, 1.54) is 19.1 Å². The number of rotatable bonds is 1. The summed E-state index contributed by atoms with van der Waals surface area (Å²) in [5, 5.41) is 0. The van der Waals surface area contributed by atoms with Crippen LogP contribution in [0.25, 0.3) is 0 Å². The summed E-state index contributed by atoms with van der Waals surface area (Å²) >= 11 is 5.88. The first-order chi connectivity index (χ1) is 10.4. The van der Waals surface area contributed by atoms with E-state index >= 15 is 0 Å². The van der Waals surface area contributed by atoms with Crippen molar-refractivity contribution in [2.45, 2.75) is 6.92 Å². The van der Waals surface area contributed by atoms with Crippen LogP contribution in [0, 0.1) is 0 Å². The van der Waals surface area contributed by atoms with Gasteiger partial charge in [0.15, 0.2) is 11.6 Å². The number of ketones is 2. The van der Waals surface area contributed by atoms with Crippen molar-refractivity contribution >= 4 is 40.6 Å². The van der Waals surface area contributed by atoms with Crippen molar-refractivity contribution < 1.29 is 14.4 Å². The highest BCUT2D eigenvalue weighted by Crippen LogP contribution is 2.36. The van der Waals surface area contributed by atoms with Gasteiger partial charge in [-0.05, 0) is 12.1 Å². The van der Waals surface area contributed by atoms with E-state index in [4.69, 9.17) is 17.5 Å². The van der Waals surface area contributed by atoms with E-state index in [9.17, 15) is 14.4 Å². The summed E-state index contributed by atoms with van der Waals surface area (Å²) in [6.07, 6.45) is 0. The van der Waals surface area contributed by atoms with E-state index < -0.39 is 5.91 Å². The molecule has 0 bridgehead atoms. The van der Waals surface area contributed by atoms with Crippen LogP contribution < -0.4 is 10.2 Å². The molecule has 22 heavy (non-hydrogen) atoms. The number of hydrogen-bond donors (Lipinski definition) is 1. The molecule has 0 saturated heterocycles. The zero-order valence-corrected chi connectivity index (χ0v) is 12.3. The van der Waals surface area contributed by atoms with Gasteiger partial charge in [-0.2, -0.15) is 0 Å². The highest BCUT2D eigenvalue weighted by molar-refractivity contribution is 6.38. The topological polar surface area (TPSA) is 80.5 Å². The maximum absolute atomic E-state index is 12.6. The van der Waals surface area contributed by atoms with Crippen LogP contribution in [0.15, 0.2) is 36.4 Å². The fraction of sp³-hybridized carbons (Fsp3) is 0.0625. The number of benzene rings is 2. The molecule has 0 aliphatic heterocycles. The molecule has 0 radical (unpaired) electrons. The smallest absolute Gasteiger partial charge is 0.238 e. The van der Waals surface area contributed by atoms with Crippen molar-refractivity contribution in [1.82, 2.24) is 0 Å². The summed E-state index contributed by atoms with van der Waals surface area (Å²) in [5.41, 5.74) is 7.17. The van der Waals surface area contributed by atoms with E-state index in [2.05, 4.69) is 0 Å². The van der Waals surface area contributed by atoms with E-state index in [1.807, 2.05) is 0 Å². The third kappa shape index (κ3) is 1.90. The van der Waals surface area contributed by atoms with Crippen LogP contribution in [-0.4, -0.2) is 17.5 Å². The fourth-order valence-corrected chi connectivity index (χ4v) is 2.69. The lowest BCUT2D eigenvalue weighted by molar-refractivity contribution is -0.115. The first-order valence-electron chi connectivity index (χ1n) is 6.51. The van der Waals surface area contributed by atoms with E-state index in [-0.39, 0.29) is 34.1 Å². The molecule has 0 fully saturated rings. The number of nitrogen functional groups attached to an aromatic ring is 1. The number of nitrogens with two attached hydrogens (primary N) is 1. The zero-order valence-electron chi connectivity index (χ0n) is 11.6. The molecule has 1 aliphatic carbocycles. The molecule has 3 rings (SSSR count). The summed E-state index contributed by atoms with van der Waals surface area (Å²) in [6.45, 7) is 1.27. The van der Waals surface area contributed by atoms with Crippen molar-refractivity contribution in [3.63, 3.8) is 0 Å². The molecule has 0 atom stereocenters. The normalized spacial score (nSPS) is 12.6. The number of carbonyl (C=O) groups is 3. The van der Waals surface area contributed by atoms with Gasteiger partial charge in [-0.3, -0.25) is 14.4 Å². The SMILES string of the molecule is CC(=O)N(Cl)c1ccc2c(c1N)C(=O)c1ccccc1C2=O. The Balaban J connectivity index is 2.26. The van der Waals surface area contributed by atoms with Gasteiger partial charge in [0, 0.05) is 35.4 Å². The van der Waals surface area contributed by atoms with Gasteiger partial charge in [-0.15, -0.1) is 0 Å². The Labute approximate surface area is 131 Å². The van der Waals surface area contributed by atoms with Gasteiger partial charge in [-0.1, -0.05) is 24.3 Å². The standard InChI is InChI=1S/C16H11ClN2O3/c1-8(20)19(17)12-7-6-11-13(14(12)18)16(22)10-5-3-2-4-9(10)15(11)21/h2-7H,18H2,1H3. The van der Waals surface area contributed by atoms with Gasteiger partial charge in [-0.25, -0.2) is 4.42 Å². The number of carbonyl (C=O) groups excluding carboxylic acids is 3.